The van der Waals surface area contributed by atoms with Gasteiger partial charge in [0, 0.05) is 8.59 Å². The molecule has 0 unspecified atom stereocenters. The number of Topliss-reactive ketones (excluding diaryl/α,β-unsaturated/α-hetero) is 1. The fourth-order valence-electron chi connectivity index (χ4n) is 0.971. The van der Waals surface area contributed by atoms with Crippen molar-refractivity contribution >= 4 is 45.9 Å². The standard InChI is InChI=1S/C10H9ClINO2/c1-6(14)5-13-10(15)8-4-7(11)2-3-9(8)12/h2-4H,5H2,1H3,(H,13,15). The second kappa shape index (κ2) is 5.46. The summed E-state index contributed by atoms with van der Waals surface area (Å²) in [5.74, 6) is -0.363. The van der Waals surface area contributed by atoms with Crippen LogP contribution in [-0.2, 0) is 4.79 Å². The van der Waals surface area contributed by atoms with E-state index in [9.17, 15) is 9.59 Å². The molecule has 0 heterocycles. The quantitative estimate of drug-likeness (QED) is 0.860. The van der Waals surface area contributed by atoms with Crippen LogP contribution in [0.2, 0.25) is 5.02 Å². The van der Waals surface area contributed by atoms with E-state index in [2.05, 4.69) is 5.32 Å². The summed E-state index contributed by atoms with van der Waals surface area (Å²) in [6, 6.07) is 5.05. The van der Waals surface area contributed by atoms with E-state index in [0.717, 1.165) is 3.57 Å². The molecule has 0 saturated carbocycles. The maximum absolute atomic E-state index is 11.6. The van der Waals surface area contributed by atoms with Gasteiger partial charge in [-0.2, -0.15) is 0 Å². The van der Waals surface area contributed by atoms with E-state index < -0.39 is 0 Å². The van der Waals surface area contributed by atoms with Gasteiger partial charge in [-0.3, -0.25) is 9.59 Å². The summed E-state index contributed by atoms with van der Waals surface area (Å²) in [5, 5.41) is 3.02. The van der Waals surface area contributed by atoms with Crippen LogP contribution < -0.4 is 5.32 Å². The number of carbonyl (C=O) groups excluding carboxylic acids is 2. The lowest BCUT2D eigenvalue weighted by atomic mass is 10.2. The minimum absolute atomic E-state index is 0.0431. The Kier molecular flexibility index (Phi) is 4.53. The van der Waals surface area contributed by atoms with Gasteiger partial charge in [0.05, 0.1) is 12.1 Å². The van der Waals surface area contributed by atoms with Gasteiger partial charge < -0.3 is 5.32 Å². The smallest absolute Gasteiger partial charge is 0.252 e. The van der Waals surface area contributed by atoms with Crippen molar-refractivity contribution in [3.05, 3.63) is 32.4 Å². The predicted molar refractivity (Wildman–Crippen MR) is 67.2 cm³/mol. The Balaban J connectivity index is 2.81. The van der Waals surface area contributed by atoms with Crippen molar-refractivity contribution in [2.45, 2.75) is 6.92 Å². The molecule has 1 rings (SSSR count). The molecule has 15 heavy (non-hydrogen) atoms. The van der Waals surface area contributed by atoms with Gasteiger partial charge in [0.25, 0.3) is 5.91 Å². The molecule has 0 fully saturated rings. The number of hydrogen-bond acceptors (Lipinski definition) is 2. The molecule has 0 aromatic heterocycles. The molecule has 0 saturated heterocycles. The number of amides is 1. The number of hydrogen-bond donors (Lipinski definition) is 1. The van der Waals surface area contributed by atoms with Gasteiger partial charge >= 0.3 is 0 Å². The van der Waals surface area contributed by atoms with Gasteiger partial charge in [0.15, 0.2) is 0 Å². The summed E-state index contributed by atoms with van der Waals surface area (Å²) in [4.78, 5) is 22.3. The Morgan fingerprint density at radius 1 is 1.47 bits per heavy atom. The van der Waals surface area contributed by atoms with E-state index >= 15 is 0 Å². The first-order chi connectivity index (χ1) is 7.00. The molecule has 0 atom stereocenters. The monoisotopic (exact) mass is 337 g/mol. The number of ketones is 1. The van der Waals surface area contributed by atoms with Crippen LogP contribution in [0.15, 0.2) is 18.2 Å². The lowest BCUT2D eigenvalue weighted by Crippen LogP contribution is -2.28. The first-order valence-corrected chi connectivity index (χ1v) is 5.69. The predicted octanol–water partition coefficient (Wildman–Crippen LogP) is 2.26. The minimum Gasteiger partial charge on any atom is -0.345 e. The Hall–Kier alpha value is -0.620. The van der Waals surface area contributed by atoms with Crippen LogP contribution >= 0.6 is 34.2 Å². The SMILES string of the molecule is CC(=O)CNC(=O)c1cc(Cl)ccc1I. The lowest BCUT2D eigenvalue weighted by molar-refractivity contribution is -0.116. The second-order valence-electron chi connectivity index (χ2n) is 3.01. The highest BCUT2D eigenvalue weighted by atomic mass is 127. The van der Waals surface area contributed by atoms with Gasteiger partial charge in [-0.05, 0) is 47.7 Å². The molecule has 0 spiro atoms. The van der Waals surface area contributed by atoms with Gasteiger partial charge in [0.2, 0.25) is 0 Å². The fourth-order valence-corrected chi connectivity index (χ4v) is 1.72. The van der Waals surface area contributed by atoms with E-state index in [1.807, 2.05) is 22.6 Å². The first kappa shape index (κ1) is 12.4. The van der Waals surface area contributed by atoms with Crippen molar-refractivity contribution in [1.29, 1.82) is 0 Å². The molecule has 0 aliphatic carbocycles. The van der Waals surface area contributed by atoms with Crippen LogP contribution in [-0.4, -0.2) is 18.2 Å². The Labute approximate surface area is 106 Å². The maximum atomic E-state index is 11.6. The number of rotatable bonds is 3. The molecule has 5 heteroatoms. The fraction of sp³-hybridized carbons (Fsp3) is 0.200. The van der Waals surface area contributed by atoms with Crippen LogP contribution in [0.5, 0.6) is 0 Å². The summed E-state index contributed by atoms with van der Waals surface area (Å²) >= 11 is 7.82. The minimum atomic E-state index is -0.280. The third-order valence-corrected chi connectivity index (χ3v) is 2.85. The Bertz CT molecular complexity index is 406. The zero-order valence-electron chi connectivity index (χ0n) is 8.01. The number of nitrogens with one attached hydrogen (secondary N) is 1. The average Bonchev–Trinajstić information content (AvgIpc) is 2.18. The van der Waals surface area contributed by atoms with Gasteiger partial charge in [-0.1, -0.05) is 11.6 Å². The van der Waals surface area contributed by atoms with E-state index in [1.165, 1.54) is 6.92 Å². The molecule has 80 valence electrons. The summed E-state index contributed by atoms with van der Waals surface area (Å²) in [7, 11) is 0. The van der Waals surface area contributed by atoms with Crippen molar-refractivity contribution < 1.29 is 9.59 Å². The highest BCUT2D eigenvalue weighted by Gasteiger charge is 2.10. The molecule has 1 aromatic carbocycles. The average molecular weight is 338 g/mol. The molecule has 0 radical (unpaired) electrons. The maximum Gasteiger partial charge on any atom is 0.252 e. The zero-order valence-corrected chi connectivity index (χ0v) is 10.9. The van der Waals surface area contributed by atoms with Crippen LogP contribution in [0, 0.1) is 3.57 Å². The molecule has 0 aliphatic heterocycles. The normalized spacial score (nSPS) is 9.80. The summed E-state index contributed by atoms with van der Waals surface area (Å²) in [6.45, 7) is 1.46. The van der Waals surface area contributed by atoms with E-state index in [0.29, 0.717) is 10.6 Å². The lowest BCUT2D eigenvalue weighted by Gasteiger charge is -2.05. The Morgan fingerprint density at radius 2 is 2.13 bits per heavy atom. The molecule has 3 nitrogen and oxygen atoms in total. The van der Waals surface area contributed by atoms with Crippen molar-refractivity contribution in [1.82, 2.24) is 5.32 Å². The van der Waals surface area contributed by atoms with Crippen LogP contribution in [0.4, 0.5) is 0 Å². The van der Waals surface area contributed by atoms with E-state index in [-0.39, 0.29) is 18.2 Å². The third-order valence-electron chi connectivity index (χ3n) is 1.67. The van der Waals surface area contributed by atoms with Crippen molar-refractivity contribution in [2.75, 3.05) is 6.54 Å². The zero-order chi connectivity index (χ0) is 11.4. The number of halogens is 2. The molecule has 1 N–H and O–H groups in total. The molecular formula is C10H9ClINO2. The molecule has 1 amide bonds. The second-order valence-corrected chi connectivity index (χ2v) is 4.61. The van der Waals surface area contributed by atoms with Crippen LogP contribution in [0.3, 0.4) is 0 Å². The molecule has 0 aliphatic rings. The van der Waals surface area contributed by atoms with Crippen molar-refractivity contribution in [3.8, 4) is 0 Å². The highest BCUT2D eigenvalue weighted by Crippen LogP contribution is 2.17. The molecular weight excluding hydrogens is 328 g/mol. The van der Waals surface area contributed by atoms with E-state index in [4.69, 9.17) is 11.6 Å². The van der Waals surface area contributed by atoms with Crippen molar-refractivity contribution in [3.63, 3.8) is 0 Å². The third kappa shape index (κ3) is 3.79. The summed E-state index contributed by atoms with van der Waals surface area (Å²) in [6.07, 6.45) is 0. The van der Waals surface area contributed by atoms with Crippen LogP contribution in [0.1, 0.15) is 17.3 Å². The molecule has 0 bridgehead atoms. The van der Waals surface area contributed by atoms with Gasteiger partial charge in [0.1, 0.15) is 5.78 Å². The van der Waals surface area contributed by atoms with Gasteiger partial charge in [-0.15, -0.1) is 0 Å². The number of benzene rings is 1. The summed E-state index contributed by atoms with van der Waals surface area (Å²) in [5.41, 5.74) is 0.490. The Morgan fingerprint density at radius 3 is 2.73 bits per heavy atom. The van der Waals surface area contributed by atoms with Gasteiger partial charge in [-0.25, -0.2) is 0 Å². The topological polar surface area (TPSA) is 46.2 Å². The van der Waals surface area contributed by atoms with E-state index in [1.54, 1.807) is 18.2 Å². The van der Waals surface area contributed by atoms with Crippen molar-refractivity contribution in [2.24, 2.45) is 0 Å². The number of carbonyl (C=O) groups is 2. The first-order valence-electron chi connectivity index (χ1n) is 4.23. The largest absolute Gasteiger partial charge is 0.345 e. The van der Waals surface area contributed by atoms with Crippen LogP contribution in [0.25, 0.3) is 0 Å². The molecule has 1 aromatic rings. The highest BCUT2D eigenvalue weighted by molar-refractivity contribution is 14.1. The summed E-state index contributed by atoms with van der Waals surface area (Å²) < 4.78 is 0.804.